The van der Waals surface area contributed by atoms with Crippen LogP contribution in [-0.2, 0) is 9.53 Å². The zero-order valence-corrected chi connectivity index (χ0v) is 16.8. The number of carbonyl (C=O) groups is 2. The fourth-order valence-electron chi connectivity index (χ4n) is 3.07. The van der Waals surface area contributed by atoms with Gasteiger partial charge in [0.15, 0.2) is 0 Å². The summed E-state index contributed by atoms with van der Waals surface area (Å²) in [5, 5.41) is 1.19. The number of piperidine rings is 1. The van der Waals surface area contributed by atoms with Crippen LogP contribution in [0.5, 0.6) is 5.75 Å². The molecule has 148 valence electrons. The standard InChI is InChI=1S/C21H21Cl2NO4/c22-17-6-4-15(5-7-17)20(25)24-10-8-16(9-11-24)21(26)28-13-12-27-19-3-1-2-18(23)14-19/h1-7,14,16H,8-13H2. The van der Waals surface area contributed by atoms with E-state index in [1.165, 1.54) is 0 Å². The molecule has 0 aromatic heterocycles. The molecule has 0 atom stereocenters. The lowest BCUT2D eigenvalue weighted by Gasteiger charge is -2.31. The van der Waals surface area contributed by atoms with Crippen molar-refractivity contribution in [3.8, 4) is 5.75 Å². The van der Waals surface area contributed by atoms with Gasteiger partial charge in [0.2, 0.25) is 0 Å². The Hall–Kier alpha value is -2.24. The highest BCUT2D eigenvalue weighted by molar-refractivity contribution is 6.31. The number of benzene rings is 2. The van der Waals surface area contributed by atoms with E-state index in [2.05, 4.69) is 0 Å². The van der Waals surface area contributed by atoms with Gasteiger partial charge in [0.05, 0.1) is 5.92 Å². The van der Waals surface area contributed by atoms with Gasteiger partial charge in [0.1, 0.15) is 19.0 Å². The molecule has 1 amide bonds. The van der Waals surface area contributed by atoms with E-state index < -0.39 is 0 Å². The number of amides is 1. The van der Waals surface area contributed by atoms with Gasteiger partial charge in [-0.25, -0.2) is 0 Å². The second kappa shape index (κ2) is 9.80. The maximum atomic E-state index is 12.5. The first-order valence-electron chi connectivity index (χ1n) is 9.13. The number of hydrogen-bond acceptors (Lipinski definition) is 4. The van der Waals surface area contributed by atoms with Gasteiger partial charge in [-0.2, -0.15) is 0 Å². The Kier molecular flexibility index (Phi) is 7.18. The highest BCUT2D eigenvalue weighted by atomic mass is 35.5. The highest BCUT2D eigenvalue weighted by Gasteiger charge is 2.28. The van der Waals surface area contributed by atoms with Crippen LogP contribution in [0, 0.1) is 5.92 Å². The van der Waals surface area contributed by atoms with Crippen LogP contribution in [0.25, 0.3) is 0 Å². The lowest BCUT2D eigenvalue weighted by atomic mass is 9.96. The number of esters is 1. The minimum Gasteiger partial charge on any atom is -0.490 e. The van der Waals surface area contributed by atoms with Crippen LogP contribution in [0.4, 0.5) is 0 Å². The van der Waals surface area contributed by atoms with Crippen LogP contribution in [0.2, 0.25) is 10.0 Å². The molecule has 7 heteroatoms. The van der Waals surface area contributed by atoms with E-state index in [1.54, 1.807) is 53.4 Å². The molecule has 2 aromatic carbocycles. The molecule has 2 aromatic rings. The van der Waals surface area contributed by atoms with E-state index in [-0.39, 0.29) is 31.0 Å². The zero-order chi connectivity index (χ0) is 19.9. The molecule has 0 saturated carbocycles. The predicted molar refractivity (Wildman–Crippen MR) is 108 cm³/mol. The number of hydrogen-bond donors (Lipinski definition) is 0. The Labute approximate surface area is 174 Å². The van der Waals surface area contributed by atoms with Crippen molar-refractivity contribution in [1.82, 2.24) is 4.90 Å². The summed E-state index contributed by atoms with van der Waals surface area (Å²) in [6.07, 6.45) is 1.18. The molecule has 0 radical (unpaired) electrons. The van der Waals surface area contributed by atoms with Crippen molar-refractivity contribution in [2.45, 2.75) is 12.8 Å². The first-order valence-corrected chi connectivity index (χ1v) is 9.88. The molecule has 3 rings (SSSR count). The molecule has 1 heterocycles. The van der Waals surface area contributed by atoms with Gasteiger partial charge >= 0.3 is 5.97 Å². The summed E-state index contributed by atoms with van der Waals surface area (Å²) in [6, 6.07) is 13.9. The normalized spacial score (nSPS) is 14.6. The number of ether oxygens (including phenoxy) is 2. The van der Waals surface area contributed by atoms with Crippen LogP contribution in [0.15, 0.2) is 48.5 Å². The zero-order valence-electron chi connectivity index (χ0n) is 15.3. The molecule has 1 aliphatic heterocycles. The van der Waals surface area contributed by atoms with Gasteiger partial charge in [-0.15, -0.1) is 0 Å². The summed E-state index contributed by atoms with van der Waals surface area (Å²) in [5.74, 6) is 0.157. The largest absolute Gasteiger partial charge is 0.490 e. The molecule has 28 heavy (non-hydrogen) atoms. The third-order valence-electron chi connectivity index (χ3n) is 4.60. The predicted octanol–water partition coefficient (Wildman–Crippen LogP) is 4.47. The van der Waals surface area contributed by atoms with Gasteiger partial charge in [-0.05, 0) is 55.3 Å². The molecule has 5 nitrogen and oxygen atoms in total. The number of likely N-dealkylation sites (tertiary alicyclic amines) is 1. The highest BCUT2D eigenvalue weighted by Crippen LogP contribution is 2.21. The molecule has 1 aliphatic rings. The van der Waals surface area contributed by atoms with Crippen LogP contribution in [0.3, 0.4) is 0 Å². The third-order valence-corrected chi connectivity index (χ3v) is 5.09. The van der Waals surface area contributed by atoms with Gasteiger partial charge in [0, 0.05) is 28.7 Å². The molecule has 1 fully saturated rings. The van der Waals surface area contributed by atoms with Crippen LogP contribution in [0.1, 0.15) is 23.2 Å². The first-order chi connectivity index (χ1) is 13.5. The second-order valence-corrected chi connectivity index (χ2v) is 7.42. The molecule has 0 N–H and O–H groups in total. The van der Waals surface area contributed by atoms with E-state index >= 15 is 0 Å². The summed E-state index contributed by atoms with van der Waals surface area (Å²) in [7, 11) is 0. The molecule has 1 saturated heterocycles. The molecule has 0 spiro atoms. The van der Waals surface area contributed by atoms with Crippen molar-refractivity contribution < 1.29 is 19.1 Å². The Morgan fingerprint density at radius 1 is 0.964 bits per heavy atom. The third kappa shape index (κ3) is 5.63. The fraction of sp³-hybridized carbons (Fsp3) is 0.333. The quantitative estimate of drug-likeness (QED) is 0.509. The Morgan fingerprint density at radius 2 is 1.68 bits per heavy atom. The summed E-state index contributed by atoms with van der Waals surface area (Å²) in [5.41, 5.74) is 0.601. The van der Waals surface area contributed by atoms with E-state index in [1.807, 2.05) is 0 Å². The lowest BCUT2D eigenvalue weighted by molar-refractivity contribution is -0.150. The minimum absolute atomic E-state index is 0.0431. The maximum absolute atomic E-state index is 12.5. The SMILES string of the molecule is O=C(OCCOc1cccc(Cl)c1)C1CCN(C(=O)c2ccc(Cl)cc2)CC1. The van der Waals surface area contributed by atoms with E-state index in [4.69, 9.17) is 32.7 Å². The number of nitrogens with zero attached hydrogens (tertiary/aromatic N) is 1. The number of rotatable bonds is 6. The van der Waals surface area contributed by atoms with Gasteiger partial charge in [-0.1, -0.05) is 29.3 Å². The van der Waals surface area contributed by atoms with Crippen molar-refractivity contribution in [1.29, 1.82) is 0 Å². The van der Waals surface area contributed by atoms with E-state index in [0.29, 0.717) is 47.3 Å². The average molecular weight is 422 g/mol. The first kappa shape index (κ1) is 20.5. The van der Waals surface area contributed by atoms with Crippen molar-refractivity contribution in [3.05, 3.63) is 64.1 Å². The van der Waals surface area contributed by atoms with Gasteiger partial charge < -0.3 is 14.4 Å². The summed E-state index contributed by atoms with van der Waals surface area (Å²) in [6.45, 7) is 1.50. The van der Waals surface area contributed by atoms with Crippen molar-refractivity contribution in [2.75, 3.05) is 26.3 Å². The Bertz CT molecular complexity index is 817. The molecule has 0 unspecified atom stereocenters. The summed E-state index contributed by atoms with van der Waals surface area (Å²) >= 11 is 11.7. The Balaban J connectivity index is 1.38. The summed E-state index contributed by atoms with van der Waals surface area (Å²) < 4.78 is 10.8. The topological polar surface area (TPSA) is 55.8 Å². The lowest BCUT2D eigenvalue weighted by Crippen LogP contribution is -2.40. The number of halogens is 2. The average Bonchev–Trinajstić information content (AvgIpc) is 2.71. The van der Waals surface area contributed by atoms with Crippen LogP contribution in [-0.4, -0.2) is 43.1 Å². The van der Waals surface area contributed by atoms with Gasteiger partial charge in [0.25, 0.3) is 5.91 Å². The number of carbonyl (C=O) groups excluding carboxylic acids is 2. The van der Waals surface area contributed by atoms with Crippen LogP contribution < -0.4 is 4.74 Å². The van der Waals surface area contributed by atoms with Crippen molar-refractivity contribution in [2.24, 2.45) is 5.92 Å². The van der Waals surface area contributed by atoms with Crippen LogP contribution >= 0.6 is 23.2 Å². The van der Waals surface area contributed by atoms with Crippen molar-refractivity contribution in [3.63, 3.8) is 0 Å². The Morgan fingerprint density at radius 3 is 2.36 bits per heavy atom. The molecular weight excluding hydrogens is 401 g/mol. The van der Waals surface area contributed by atoms with Gasteiger partial charge in [-0.3, -0.25) is 9.59 Å². The van der Waals surface area contributed by atoms with E-state index in [9.17, 15) is 9.59 Å². The molecule has 0 bridgehead atoms. The summed E-state index contributed by atoms with van der Waals surface area (Å²) in [4.78, 5) is 26.5. The molecular formula is C21H21Cl2NO4. The van der Waals surface area contributed by atoms with E-state index in [0.717, 1.165) is 0 Å². The smallest absolute Gasteiger partial charge is 0.309 e. The monoisotopic (exact) mass is 421 g/mol. The molecule has 0 aliphatic carbocycles. The second-order valence-electron chi connectivity index (χ2n) is 6.55. The fourth-order valence-corrected chi connectivity index (χ4v) is 3.38. The maximum Gasteiger partial charge on any atom is 0.309 e. The van der Waals surface area contributed by atoms with Crippen molar-refractivity contribution >= 4 is 35.1 Å². The minimum atomic E-state index is -0.242.